The molecule has 0 fully saturated rings. The van der Waals surface area contributed by atoms with Crippen LogP contribution in [0, 0.1) is 0 Å². The first-order chi connectivity index (χ1) is 16.0. The Bertz CT molecular complexity index is 1110. The van der Waals surface area contributed by atoms with Crippen molar-refractivity contribution in [3.63, 3.8) is 0 Å². The van der Waals surface area contributed by atoms with Gasteiger partial charge in [0.15, 0.2) is 5.11 Å². The zero-order valence-electron chi connectivity index (χ0n) is 18.2. The summed E-state index contributed by atoms with van der Waals surface area (Å²) >= 11 is 5.29. The first kappa shape index (κ1) is 23.9. The molecule has 3 N–H and O–H groups in total. The van der Waals surface area contributed by atoms with Crippen LogP contribution in [0.3, 0.4) is 0 Å². The molecule has 0 radical (unpaired) electrons. The summed E-state index contributed by atoms with van der Waals surface area (Å²) in [5.41, 5.74) is 2.54. The molecule has 2 amide bonds. The predicted molar refractivity (Wildman–Crippen MR) is 133 cm³/mol. The van der Waals surface area contributed by atoms with Crippen LogP contribution in [-0.4, -0.2) is 37.3 Å². The molecule has 0 aliphatic heterocycles. The normalized spacial score (nSPS) is 10.2. The molecule has 7 nitrogen and oxygen atoms in total. The molecular formula is C25H25N3O4S. The van der Waals surface area contributed by atoms with Crippen LogP contribution in [0.5, 0.6) is 5.75 Å². The third-order valence-corrected chi connectivity index (χ3v) is 4.72. The van der Waals surface area contributed by atoms with Crippen LogP contribution in [0.2, 0.25) is 0 Å². The maximum atomic E-state index is 12.7. The number of benzene rings is 3. The third-order valence-electron chi connectivity index (χ3n) is 4.52. The maximum absolute atomic E-state index is 12.7. The van der Waals surface area contributed by atoms with Gasteiger partial charge >= 0.3 is 0 Å². The highest BCUT2D eigenvalue weighted by Gasteiger charge is 2.14. The minimum atomic E-state index is -0.396. The number of amides is 2. The fourth-order valence-corrected chi connectivity index (χ4v) is 3.22. The zero-order valence-corrected chi connectivity index (χ0v) is 19.0. The van der Waals surface area contributed by atoms with E-state index >= 15 is 0 Å². The number of para-hydroxylation sites is 1. The number of ether oxygens (including phenoxy) is 2. The SMILES string of the molecule is COCCOc1ccccc1C(=O)NC(=S)Nc1cccc(NC(=O)Cc2ccccc2)c1. The molecule has 0 saturated carbocycles. The highest BCUT2D eigenvalue weighted by Crippen LogP contribution is 2.19. The van der Waals surface area contributed by atoms with Crippen LogP contribution < -0.4 is 20.7 Å². The van der Waals surface area contributed by atoms with Gasteiger partial charge < -0.3 is 20.1 Å². The van der Waals surface area contributed by atoms with E-state index in [4.69, 9.17) is 21.7 Å². The van der Waals surface area contributed by atoms with Gasteiger partial charge in [-0.3, -0.25) is 14.9 Å². The Morgan fingerprint density at radius 2 is 1.55 bits per heavy atom. The Kier molecular flexibility index (Phi) is 8.93. The number of carbonyl (C=O) groups excluding carboxylic acids is 2. The van der Waals surface area contributed by atoms with E-state index in [1.807, 2.05) is 30.3 Å². The quantitative estimate of drug-likeness (QED) is 0.328. The first-order valence-electron chi connectivity index (χ1n) is 10.3. The second kappa shape index (κ2) is 12.3. The predicted octanol–water partition coefficient (Wildman–Crippen LogP) is 4.02. The molecule has 0 aliphatic rings. The summed E-state index contributed by atoms with van der Waals surface area (Å²) in [5, 5.41) is 8.61. The van der Waals surface area contributed by atoms with Crippen LogP contribution in [0.1, 0.15) is 15.9 Å². The lowest BCUT2D eigenvalue weighted by atomic mass is 10.1. The molecule has 0 saturated heterocycles. The maximum Gasteiger partial charge on any atom is 0.261 e. The number of rotatable bonds is 9. The van der Waals surface area contributed by atoms with E-state index in [0.717, 1.165) is 5.56 Å². The van der Waals surface area contributed by atoms with Gasteiger partial charge in [0.2, 0.25) is 5.91 Å². The molecule has 0 atom stereocenters. The highest BCUT2D eigenvalue weighted by molar-refractivity contribution is 7.80. The van der Waals surface area contributed by atoms with Crippen LogP contribution in [0.25, 0.3) is 0 Å². The van der Waals surface area contributed by atoms with Crippen molar-refractivity contribution in [2.24, 2.45) is 0 Å². The van der Waals surface area contributed by atoms with Crippen LogP contribution in [-0.2, 0) is 16.0 Å². The smallest absolute Gasteiger partial charge is 0.261 e. The minimum absolute atomic E-state index is 0.124. The van der Waals surface area contributed by atoms with E-state index in [1.54, 1.807) is 55.6 Å². The Labute approximate surface area is 198 Å². The van der Waals surface area contributed by atoms with Crippen molar-refractivity contribution in [1.29, 1.82) is 0 Å². The summed E-state index contributed by atoms with van der Waals surface area (Å²) in [4.78, 5) is 25.0. The monoisotopic (exact) mass is 463 g/mol. The van der Waals surface area contributed by atoms with Crippen molar-refractivity contribution < 1.29 is 19.1 Å². The molecule has 0 aromatic heterocycles. The lowest BCUT2D eigenvalue weighted by Crippen LogP contribution is -2.34. The molecular weight excluding hydrogens is 438 g/mol. The highest BCUT2D eigenvalue weighted by atomic mass is 32.1. The van der Waals surface area contributed by atoms with E-state index in [9.17, 15) is 9.59 Å². The fourth-order valence-electron chi connectivity index (χ4n) is 3.01. The lowest BCUT2D eigenvalue weighted by molar-refractivity contribution is -0.115. The molecule has 3 rings (SSSR count). The van der Waals surface area contributed by atoms with Gasteiger partial charge in [0.25, 0.3) is 5.91 Å². The van der Waals surface area contributed by atoms with Gasteiger partial charge in [0.05, 0.1) is 18.6 Å². The summed E-state index contributed by atoms with van der Waals surface area (Å²) in [6, 6.07) is 23.5. The van der Waals surface area contributed by atoms with Crippen molar-refractivity contribution in [3.05, 3.63) is 90.0 Å². The number of thiocarbonyl (C=S) groups is 1. The second-order valence-electron chi connectivity index (χ2n) is 7.04. The topological polar surface area (TPSA) is 88.7 Å². The molecule has 0 spiro atoms. The van der Waals surface area contributed by atoms with E-state index in [1.165, 1.54) is 0 Å². The number of nitrogens with one attached hydrogen (secondary N) is 3. The van der Waals surface area contributed by atoms with Crippen molar-refractivity contribution in [2.45, 2.75) is 6.42 Å². The summed E-state index contributed by atoms with van der Waals surface area (Å²) in [5.74, 6) is -0.0786. The van der Waals surface area contributed by atoms with Crippen molar-refractivity contribution in [1.82, 2.24) is 5.32 Å². The molecule has 0 heterocycles. The number of methoxy groups -OCH3 is 1. The second-order valence-corrected chi connectivity index (χ2v) is 7.45. The van der Waals surface area contributed by atoms with Gasteiger partial charge in [0.1, 0.15) is 12.4 Å². The minimum Gasteiger partial charge on any atom is -0.490 e. The van der Waals surface area contributed by atoms with Crippen LogP contribution in [0.15, 0.2) is 78.9 Å². The summed E-state index contributed by atoms with van der Waals surface area (Å²) in [7, 11) is 1.58. The van der Waals surface area contributed by atoms with E-state index in [2.05, 4.69) is 16.0 Å². The van der Waals surface area contributed by atoms with E-state index in [-0.39, 0.29) is 17.4 Å². The van der Waals surface area contributed by atoms with Crippen LogP contribution in [0.4, 0.5) is 11.4 Å². The summed E-state index contributed by atoms with van der Waals surface area (Å²) in [6.45, 7) is 0.737. The van der Waals surface area contributed by atoms with Gasteiger partial charge in [-0.1, -0.05) is 48.5 Å². The molecule has 0 unspecified atom stereocenters. The van der Waals surface area contributed by atoms with Gasteiger partial charge in [-0.25, -0.2) is 0 Å². The molecule has 33 heavy (non-hydrogen) atoms. The number of hydrogen-bond acceptors (Lipinski definition) is 5. The Morgan fingerprint density at radius 3 is 2.30 bits per heavy atom. The standard InChI is InChI=1S/C25H25N3O4S/c1-31-14-15-32-22-13-6-5-12-21(22)24(30)28-25(33)27-20-11-7-10-19(17-20)26-23(29)16-18-8-3-2-4-9-18/h2-13,17H,14-16H2,1H3,(H,26,29)(H2,27,28,30,33). The van der Waals surface area contributed by atoms with E-state index in [0.29, 0.717) is 35.9 Å². The van der Waals surface area contributed by atoms with Gasteiger partial charge in [0, 0.05) is 18.5 Å². The van der Waals surface area contributed by atoms with Crippen LogP contribution >= 0.6 is 12.2 Å². The Hall–Kier alpha value is -3.75. The average molecular weight is 464 g/mol. The lowest BCUT2D eigenvalue weighted by Gasteiger charge is -2.13. The van der Waals surface area contributed by atoms with Gasteiger partial charge in [-0.2, -0.15) is 0 Å². The fraction of sp³-hybridized carbons (Fsp3) is 0.160. The third kappa shape index (κ3) is 7.71. The summed E-state index contributed by atoms with van der Waals surface area (Å²) < 4.78 is 10.6. The molecule has 0 bridgehead atoms. The van der Waals surface area contributed by atoms with Crippen molar-refractivity contribution in [3.8, 4) is 5.75 Å². The van der Waals surface area contributed by atoms with E-state index < -0.39 is 5.91 Å². The Balaban J connectivity index is 1.56. The molecule has 3 aromatic carbocycles. The zero-order chi connectivity index (χ0) is 23.5. The number of anilines is 2. The number of carbonyl (C=O) groups is 2. The Morgan fingerprint density at radius 1 is 0.848 bits per heavy atom. The van der Waals surface area contributed by atoms with Crippen molar-refractivity contribution >= 4 is 40.5 Å². The molecule has 0 aliphatic carbocycles. The average Bonchev–Trinajstić information content (AvgIpc) is 2.80. The molecule has 170 valence electrons. The molecule has 3 aromatic rings. The van der Waals surface area contributed by atoms with Gasteiger partial charge in [-0.05, 0) is 48.1 Å². The first-order valence-corrected chi connectivity index (χ1v) is 10.7. The van der Waals surface area contributed by atoms with Crippen molar-refractivity contribution in [2.75, 3.05) is 31.0 Å². The van der Waals surface area contributed by atoms with Gasteiger partial charge in [-0.15, -0.1) is 0 Å². The number of hydrogen-bond donors (Lipinski definition) is 3. The summed E-state index contributed by atoms with van der Waals surface area (Å²) in [6.07, 6.45) is 0.277. The largest absolute Gasteiger partial charge is 0.490 e. The molecule has 8 heteroatoms.